The highest BCUT2D eigenvalue weighted by molar-refractivity contribution is 5.96. The topological polar surface area (TPSA) is 60.2 Å². The Morgan fingerprint density at radius 3 is 3.06 bits per heavy atom. The number of ether oxygens (including phenoxy) is 1. The SMILES string of the molecule is Cc1cc(F)cc2nc3c(c(NN)c12)COCC3. The molecule has 1 aromatic carbocycles. The summed E-state index contributed by atoms with van der Waals surface area (Å²) in [6.07, 6.45) is 0.732. The standard InChI is InChI=1S/C13H14FN3O/c1-7-4-8(14)5-11-12(7)13(17-15)9-6-18-3-2-10(9)16-11/h4-5H,2-3,6,15H2,1H3,(H,16,17). The summed E-state index contributed by atoms with van der Waals surface area (Å²) in [5.41, 5.74) is 6.89. The molecule has 0 amide bonds. The van der Waals surface area contributed by atoms with Gasteiger partial charge < -0.3 is 10.2 Å². The van der Waals surface area contributed by atoms with Gasteiger partial charge in [-0.05, 0) is 18.6 Å². The molecule has 1 aromatic heterocycles. The Labute approximate surface area is 104 Å². The van der Waals surface area contributed by atoms with Gasteiger partial charge in [0.25, 0.3) is 0 Å². The Morgan fingerprint density at radius 2 is 2.28 bits per heavy atom. The first kappa shape index (κ1) is 11.4. The molecule has 0 fully saturated rings. The van der Waals surface area contributed by atoms with Crippen LogP contribution in [0.15, 0.2) is 12.1 Å². The van der Waals surface area contributed by atoms with Crippen molar-refractivity contribution in [3.63, 3.8) is 0 Å². The highest BCUT2D eigenvalue weighted by atomic mass is 19.1. The van der Waals surface area contributed by atoms with Crippen molar-refractivity contribution < 1.29 is 9.13 Å². The van der Waals surface area contributed by atoms with Crippen LogP contribution in [0.2, 0.25) is 0 Å². The van der Waals surface area contributed by atoms with Crippen LogP contribution in [0.4, 0.5) is 10.1 Å². The van der Waals surface area contributed by atoms with E-state index in [1.54, 1.807) is 0 Å². The largest absolute Gasteiger partial charge is 0.376 e. The van der Waals surface area contributed by atoms with Crippen molar-refractivity contribution in [2.24, 2.45) is 5.84 Å². The van der Waals surface area contributed by atoms with Crippen LogP contribution in [0.5, 0.6) is 0 Å². The number of nitrogens with zero attached hydrogens (tertiary/aromatic N) is 1. The molecule has 1 aliphatic heterocycles. The Morgan fingerprint density at radius 1 is 1.44 bits per heavy atom. The molecule has 0 unspecified atom stereocenters. The van der Waals surface area contributed by atoms with E-state index in [4.69, 9.17) is 10.6 Å². The molecule has 0 spiro atoms. The van der Waals surface area contributed by atoms with Crippen molar-refractivity contribution in [3.05, 3.63) is 34.8 Å². The Hall–Kier alpha value is -1.72. The smallest absolute Gasteiger partial charge is 0.125 e. The predicted octanol–water partition coefficient (Wildman–Crippen LogP) is 2.04. The van der Waals surface area contributed by atoms with Crippen LogP contribution in [0.3, 0.4) is 0 Å². The predicted molar refractivity (Wildman–Crippen MR) is 67.6 cm³/mol. The lowest BCUT2D eigenvalue weighted by Gasteiger charge is -2.21. The van der Waals surface area contributed by atoms with Gasteiger partial charge in [0.2, 0.25) is 0 Å². The van der Waals surface area contributed by atoms with E-state index < -0.39 is 0 Å². The zero-order valence-electron chi connectivity index (χ0n) is 10.1. The van der Waals surface area contributed by atoms with Gasteiger partial charge in [0.15, 0.2) is 0 Å². The fourth-order valence-electron chi connectivity index (χ4n) is 2.51. The molecule has 1 aliphatic rings. The zero-order valence-corrected chi connectivity index (χ0v) is 10.1. The molecule has 0 radical (unpaired) electrons. The van der Waals surface area contributed by atoms with Gasteiger partial charge in [0.05, 0.1) is 30.1 Å². The van der Waals surface area contributed by atoms with Crippen molar-refractivity contribution in [1.82, 2.24) is 4.98 Å². The second kappa shape index (κ2) is 4.19. The van der Waals surface area contributed by atoms with E-state index in [1.807, 2.05) is 6.92 Å². The summed E-state index contributed by atoms with van der Waals surface area (Å²) in [5.74, 6) is 5.34. The van der Waals surface area contributed by atoms with E-state index >= 15 is 0 Å². The number of halogens is 1. The summed E-state index contributed by atoms with van der Waals surface area (Å²) in [4.78, 5) is 4.53. The first-order valence-electron chi connectivity index (χ1n) is 5.86. The number of fused-ring (bicyclic) bond motifs is 2. The molecule has 18 heavy (non-hydrogen) atoms. The van der Waals surface area contributed by atoms with E-state index in [9.17, 15) is 4.39 Å². The summed E-state index contributed by atoms with van der Waals surface area (Å²) in [5, 5.41) is 0.864. The number of nitrogens with two attached hydrogens (primary N) is 1. The number of benzene rings is 1. The van der Waals surface area contributed by atoms with Crippen LogP contribution >= 0.6 is 0 Å². The summed E-state index contributed by atoms with van der Waals surface area (Å²) < 4.78 is 18.9. The number of nitrogens with one attached hydrogen (secondary N) is 1. The van der Waals surface area contributed by atoms with E-state index in [-0.39, 0.29) is 5.82 Å². The summed E-state index contributed by atoms with van der Waals surface area (Å²) in [6, 6.07) is 2.93. The molecule has 2 aromatic rings. The fraction of sp³-hybridized carbons (Fsp3) is 0.308. The van der Waals surface area contributed by atoms with Crippen molar-refractivity contribution >= 4 is 16.6 Å². The van der Waals surface area contributed by atoms with Crippen LogP contribution in [-0.2, 0) is 17.8 Å². The van der Waals surface area contributed by atoms with E-state index in [2.05, 4.69) is 10.4 Å². The monoisotopic (exact) mass is 247 g/mol. The van der Waals surface area contributed by atoms with Gasteiger partial charge in [-0.1, -0.05) is 0 Å². The molecule has 3 N–H and O–H groups in total. The molecule has 0 bridgehead atoms. The van der Waals surface area contributed by atoms with E-state index in [0.29, 0.717) is 18.7 Å². The molecule has 0 saturated carbocycles. The molecule has 0 atom stereocenters. The average Bonchev–Trinajstić information content (AvgIpc) is 2.35. The lowest BCUT2D eigenvalue weighted by atomic mass is 10.00. The van der Waals surface area contributed by atoms with Gasteiger partial charge in [-0.2, -0.15) is 0 Å². The highest BCUT2D eigenvalue weighted by Gasteiger charge is 2.19. The second-order valence-corrected chi connectivity index (χ2v) is 4.48. The number of hydrazine groups is 1. The summed E-state index contributed by atoms with van der Waals surface area (Å²) in [6.45, 7) is 2.99. The van der Waals surface area contributed by atoms with Crippen molar-refractivity contribution in [2.75, 3.05) is 12.0 Å². The number of anilines is 1. The first-order valence-corrected chi connectivity index (χ1v) is 5.86. The van der Waals surface area contributed by atoms with Crippen LogP contribution in [0.1, 0.15) is 16.8 Å². The van der Waals surface area contributed by atoms with Gasteiger partial charge in [-0.25, -0.2) is 4.39 Å². The van der Waals surface area contributed by atoms with Gasteiger partial charge in [0.1, 0.15) is 5.82 Å². The number of aromatic nitrogens is 1. The minimum absolute atomic E-state index is 0.275. The Balaban J connectivity index is 2.40. The van der Waals surface area contributed by atoms with Gasteiger partial charge in [-0.3, -0.25) is 10.8 Å². The van der Waals surface area contributed by atoms with E-state index in [1.165, 1.54) is 12.1 Å². The average molecular weight is 247 g/mol. The van der Waals surface area contributed by atoms with Crippen LogP contribution in [0, 0.1) is 12.7 Å². The molecule has 5 heteroatoms. The van der Waals surface area contributed by atoms with Crippen LogP contribution < -0.4 is 11.3 Å². The van der Waals surface area contributed by atoms with Crippen LogP contribution in [0.25, 0.3) is 10.9 Å². The maximum absolute atomic E-state index is 13.4. The molecule has 2 heterocycles. The Kier molecular flexibility index (Phi) is 2.65. The van der Waals surface area contributed by atoms with Gasteiger partial charge >= 0.3 is 0 Å². The normalized spacial score (nSPS) is 14.6. The third-order valence-corrected chi connectivity index (χ3v) is 3.31. The number of aryl methyl sites for hydroxylation is 1. The van der Waals surface area contributed by atoms with Gasteiger partial charge in [-0.15, -0.1) is 0 Å². The number of rotatable bonds is 1. The third-order valence-electron chi connectivity index (χ3n) is 3.31. The highest BCUT2D eigenvalue weighted by Crippen LogP contribution is 2.33. The molecule has 0 saturated heterocycles. The van der Waals surface area contributed by atoms with Crippen molar-refractivity contribution in [3.8, 4) is 0 Å². The molecular weight excluding hydrogens is 233 g/mol. The lowest BCUT2D eigenvalue weighted by molar-refractivity contribution is 0.110. The Bertz CT molecular complexity index is 627. The summed E-state index contributed by atoms with van der Waals surface area (Å²) >= 11 is 0. The maximum Gasteiger partial charge on any atom is 0.125 e. The quantitative estimate of drug-likeness (QED) is 0.598. The summed E-state index contributed by atoms with van der Waals surface area (Å²) in [7, 11) is 0. The second-order valence-electron chi connectivity index (χ2n) is 4.48. The van der Waals surface area contributed by atoms with Crippen molar-refractivity contribution in [1.29, 1.82) is 0 Å². The minimum atomic E-state index is -0.275. The third kappa shape index (κ3) is 1.63. The molecular formula is C13H14FN3O. The first-order chi connectivity index (χ1) is 8.70. The number of hydrogen-bond acceptors (Lipinski definition) is 4. The van der Waals surface area contributed by atoms with Gasteiger partial charge in [0, 0.05) is 23.4 Å². The van der Waals surface area contributed by atoms with Crippen molar-refractivity contribution in [2.45, 2.75) is 20.0 Å². The molecule has 4 nitrogen and oxygen atoms in total. The maximum atomic E-state index is 13.4. The minimum Gasteiger partial charge on any atom is -0.376 e. The lowest BCUT2D eigenvalue weighted by Crippen LogP contribution is -2.18. The molecule has 3 rings (SSSR count). The molecule has 0 aliphatic carbocycles. The molecule has 94 valence electrons. The van der Waals surface area contributed by atoms with Crippen LogP contribution in [-0.4, -0.2) is 11.6 Å². The zero-order chi connectivity index (χ0) is 12.7. The number of nitrogen functional groups attached to an aromatic ring is 1. The number of hydrogen-bond donors (Lipinski definition) is 2. The van der Waals surface area contributed by atoms with E-state index in [0.717, 1.165) is 34.3 Å². The number of pyridine rings is 1. The fourth-order valence-corrected chi connectivity index (χ4v) is 2.51.